The maximum absolute atomic E-state index is 8.97. The molecule has 0 bridgehead atoms. The van der Waals surface area contributed by atoms with E-state index in [1.54, 1.807) is 0 Å². The van der Waals surface area contributed by atoms with Gasteiger partial charge in [-0.3, -0.25) is 4.68 Å². The minimum atomic E-state index is 0.191. The molecule has 1 heterocycles. The van der Waals surface area contributed by atoms with E-state index < -0.39 is 0 Å². The van der Waals surface area contributed by atoms with Crippen molar-refractivity contribution in [2.24, 2.45) is 5.92 Å². The molecule has 0 fully saturated rings. The Morgan fingerprint density at radius 1 is 1.28 bits per heavy atom. The van der Waals surface area contributed by atoms with Crippen molar-refractivity contribution in [1.82, 2.24) is 9.78 Å². The Kier molecular flexibility index (Phi) is 4.15. The highest BCUT2D eigenvalue weighted by atomic mass is 16.2. The summed E-state index contributed by atoms with van der Waals surface area (Å²) in [6, 6.07) is 8.27. The second-order valence-corrected chi connectivity index (χ2v) is 5.02. The van der Waals surface area contributed by atoms with E-state index in [9.17, 15) is 0 Å². The monoisotopic (exact) mass is 244 g/mol. The van der Waals surface area contributed by atoms with Gasteiger partial charge in [-0.15, -0.1) is 0 Å². The van der Waals surface area contributed by atoms with Crippen LogP contribution in [0.3, 0.4) is 0 Å². The second-order valence-electron chi connectivity index (χ2n) is 5.02. The van der Waals surface area contributed by atoms with Crippen LogP contribution in [-0.2, 0) is 13.0 Å². The van der Waals surface area contributed by atoms with E-state index in [1.165, 1.54) is 0 Å². The Morgan fingerprint density at radius 2 is 2.11 bits per heavy atom. The Bertz CT molecular complexity index is 503. The molecule has 0 unspecified atom stereocenters. The fraction of sp³-hybridized carbons (Fsp3) is 0.400. The predicted octanol–water partition coefficient (Wildman–Crippen LogP) is 2.74. The first-order chi connectivity index (χ1) is 8.69. The number of aliphatic hydroxyl groups excluding tert-OH is 1. The predicted molar refractivity (Wildman–Crippen MR) is 73.3 cm³/mol. The first kappa shape index (κ1) is 12.8. The van der Waals surface area contributed by atoms with Crippen LogP contribution < -0.4 is 0 Å². The molecule has 0 radical (unpaired) electrons. The molecule has 0 aliphatic rings. The summed E-state index contributed by atoms with van der Waals surface area (Å²) < 4.78 is 1.98. The highest BCUT2D eigenvalue weighted by Gasteiger charge is 2.04. The maximum Gasteiger partial charge on any atom is 0.0568 e. The van der Waals surface area contributed by atoms with Gasteiger partial charge in [-0.25, -0.2) is 0 Å². The van der Waals surface area contributed by atoms with Gasteiger partial charge in [0, 0.05) is 24.9 Å². The molecule has 0 spiro atoms. The number of aromatic nitrogens is 2. The van der Waals surface area contributed by atoms with Crippen LogP contribution in [0, 0.1) is 5.92 Å². The lowest BCUT2D eigenvalue weighted by Gasteiger charge is -2.04. The van der Waals surface area contributed by atoms with Crippen molar-refractivity contribution in [2.75, 3.05) is 6.61 Å². The van der Waals surface area contributed by atoms with Gasteiger partial charge in [0.2, 0.25) is 0 Å². The van der Waals surface area contributed by atoms with Gasteiger partial charge in [-0.2, -0.15) is 5.10 Å². The van der Waals surface area contributed by atoms with Gasteiger partial charge in [0.15, 0.2) is 0 Å². The molecule has 1 aromatic carbocycles. The van der Waals surface area contributed by atoms with Crippen LogP contribution in [0.15, 0.2) is 36.7 Å². The van der Waals surface area contributed by atoms with Crippen LogP contribution in [0.1, 0.15) is 19.4 Å². The molecule has 0 aliphatic heterocycles. The molecule has 0 atom stereocenters. The standard InChI is InChI=1S/C15H20N2O/c1-12(2)10-17-11-15(9-16-17)14-5-3-4-13(8-14)6-7-18/h3-5,8-9,11-12,18H,6-7,10H2,1-2H3. The Hall–Kier alpha value is -1.61. The van der Waals surface area contributed by atoms with E-state index in [1.807, 2.05) is 23.0 Å². The lowest BCUT2D eigenvalue weighted by atomic mass is 10.0. The zero-order valence-electron chi connectivity index (χ0n) is 11.0. The van der Waals surface area contributed by atoms with Crippen LogP contribution in [0.2, 0.25) is 0 Å². The van der Waals surface area contributed by atoms with Gasteiger partial charge >= 0.3 is 0 Å². The molecular weight excluding hydrogens is 224 g/mol. The molecular formula is C15H20N2O. The highest BCUT2D eigenvalue weighted by Crippen LogP contribution is 2.20. The maximum atomic E-state index is 8.97. The molecule has 1 aromatic heterocycles. The molecule has 2 aromatic rings. The third-order valence-corrected chi connectivity index (χ3v) is 2.85. The molecule has 2 rings (SSSR count). The van der Waals surface area contributed by atoms with E-state index in [4.69, 9.17) is 5.11 Å². The summed E-state index contributed by atoms with van der Waals surface area (Å²) in [6.45, 7) is 5.50. The molecule has 3 nitrogen and oxygen atoms in total. The van der Waals surface area contributed by atoms with Gasteiger partial charge in [0.05, 0.1) is 6.20 Å². The molecule has 18 heavy (non-hydrogen) atoms. The SMILES string of the molecule is CC(C)Cn1cc(-c2cccc(CCO)c2)cn1. The van der Waals surface area contributed by atoms with Crippen molar-refractivity contribution in [2.45, 2.75) is 26.8 Å². The van der Waals surface area contributed by atoms with Gasteiger partial charge in [0.1, 0.15) is 0 Å². The number of nitrogens with zero attached hydrogens (tertiary/aromatic N) is 2. The molecule has 96 valence electrons. The molecule has 0 saturated heterocycles. The molecule has 0 aliphatic carbocycles. The first-order valence-corrected chi connectivity index (χ1v) is 6.41. The number of hydrogen-bond donors (Lipinski definition) is 1. The Morgan fingerprint density at radius 3 is 2.83 bits per heavy atom. The van der Waals surface area contributed by atoms with Gasteiger partial charge < -0.3 is 5.11 Å². The topological polar surface area (TPSA) is 38.0 Å². The van der Waals surface area contributed by atoms with Crippen LogP contribution in [0.4, 0.5) is 0 Å². The number of rotatable bonds is 5. The van der Waals surface area contributed by atoms with Crippen molar-refractivity contribution in [3.8, 4) is 11.1 Å². The van der Waals surface area contributed by atoms with Crippen LogP contribution in [0.5, 0.6) is 0 Å². The molecule has 3 heteroatoms. The van der Waals surface area contributed by atoms with Crippen molar-refractivity contribution in [1.29, 1.82) is 0 Å². The summed E-state index contributed by atoms with van der Waals surface area (Å²) >= 11 is 0. The van der Waals surface area contributed by atoms with Crippen molar-refractivity contribution in [3.63, 3.8) is 0 Å². The van der Waals surface area contributed by atoms with E-state index in [0.717, 1.165) is 23.2 Å². The molecule has 1 N–H and O–H groups in total. The van der Waals surface area contributed by atoms with Crippen molar-refractivity contribution >= 4 is 0 Å². The van der Waals surface area contributed by atoms with Crippen LogP contribution in [-0.4, -0.2) is 21.5 Å². The smallest absolute Gasteiger partial charge is 0.0568 e. The van der Waals surface area contributed by atoms with E-state index >= 15 is 0 Å². The fourth-order valence-corrected chi connectivity index (χ4v) is 2.02. The third-order valence-electron chi connectivity index (χ3n) is 2.85. The van der Waals surface area contributed by atoms with Gasteiger partial charge in [0.25, 0.3) is 0 Å². The summed E-state index contributed by atoms with van der Waals surface area (Å²) in [5, 5.41) is 13.3. The minimum Gasteiger partial charge on any atom is -0.396 e. The lowest BCUT2D eigenvalue weighted by Crippen LogP contribution is -2.03. The number of benzene rings is 1. The summed E-state index contributed by atoms with van der Waals surface area (Å²) in [5.41, 5.74) is 3.46. The van der Waals surface area contributed by atoms with E-state index in [-0.39, 0.29) is 6.61 Å². The highest BCUT2D eigenvalue weighted by molar-refractivity contribution is 5.62. The average molecular weight is 244 g/mol. The zero-order valence-corrected chi connectivity index (χ0v) is 11.0. The quantitative estimate of drug-likeness (QED) is 0.878. The van der Waals surface area contributed by atoms with E-state index in [2.05, 4.69) is 37.3 Å². The van der Waals surface area contributed by atoms with Gasteiger partial charge in [-0.05, 0) is 23.5 Å². The summed E-state index contributed by atoms with van der Waals surface area (Å²) in [5.74, 6) is 0.596. The zero-order chi connectivity index (χ0) is 13.0. The van der Waals surface area contributed by atoms with E-state index in [0.29, 0.717) is 12.3 Å². The first-order valence-electron chi connectivity index (χ1n) is 6.41. The normalized spacial score (nSPS) is 11.1. The fourth-order valence-electron chi connectivity index (χ4n) is 2.02. The summed E-state index contributed by atoms with van der Waals surface area (Å²) in [4.78, 5) is 0. The average Bonchev–Trinajstić information content (AvgIpc) is 2.77. The molecule has 0 amide bonds. The largest absolute Gasteiger partial charge is 0.396 e. The van der Waals surface area contributed by atoms with Crippen molar-refractivity contribution < 1.29 is 5.11 Å². The Labute approximate surface area is 108 Å². The Balaban J connectivity index is 2.20. The van der Waals surface area contributed by atoms with Crippen molar-refractivity contribution in [3.05, 3.63) is 42.2 Å². The third kappa shape index (κ3) is 3.20. The second kappa shape index (κ2) is 5.83. The number of aliphatic hydroxyl groups is 1. The van der Waals surface area contributed by atoms with Crippen LogP contribution in [0.25, 0.3) is 11.1 Å². The summed E-state index contributed by atoms with van der Waals surface area (Å²) in [7, 11) is 0. The number of hydrogen-bond acceptors (Lipinski definition) is 2. The summed E-state index contributed by atoms with van der Waals surface area (Å²) in [6.07, 6.45) is 4.69. The lowest BCUT2D eigenvalue weighted by molar-refractivity contribution is 0.299. The van der Waals surface area contributed by atoms with Crippen LogP contribution >= 0.6 is 0 Å². The minimum absolute atomic E-state index is 0.191. The molecule has 0 saturated carbocycles. The van der Waals surface area contributed by atoms with Gasteiger partial charge in [-0.1, -0.05) is 38.1 Å².